The van der Waals surface area contributed by atoms with E-state index in [0.29, 0.717) is 0 Å². The van der Waals surface area contributed by atoms with Crippen molar-refractivity contribution in [1.82, 2.24) is 0 Å². The molecule has 2 heteroatoms. The van der Waals surface area contributed by atoms with Crippen molar-refractivity contribution in [3.8, 4) is 0 Å². The van der Waals surface area contributed by atoms with Crippen LogP contribution in [0.25, 0.3) is 0 Å². The first kappa shape index (κ1) is 12.4. The Morgan fingerprint density at radius 1 is 1.06 bits per heavy atom. The molecule has 17 heavy (non-hydrogen) atoms. The SMILES string of the molecule is CCN(CC)c1ccc(CO)c2c1CCCC2. The minimum atomic E-state index is 0.181. The van der Waals surface area contributed by atoms with E-state index < -0.39 is 0 Å². The molecule has 0 bridgehead atoms. The van der Waals surface area contributed by atoms with Crippen LogP contribution in [-0.4, -0.2) is 18.2 Å². The molecule has 1 aromatic rings. The Bertz CT molecular complexity index is 383. The highest BCUT2D eigenvalue weighted by molar-refractivity contribution is 5.59. The van der Waals surface area contributed by atoms with Crippen LogP contribution < -0.4 is 4.90 Å². The van der Waals surface area contributed by atoms with E-state index in [1.807, 2.05) is 0 Å². The van der Waals surface area contributed by atoms with Crippen LogP contribution in [-0.2, 0) is 19.4 Å². The lowest BCUT2D eigenvalue weighted by molar-refractivity contribution is 0.280. The zero-order valence-corrected chi connectivity index (χ0v) is 11.0. The molecule has 0 saturated heterocycles. The van der Waals surface area contributed by atoms with Crippen LogP contribution in [0.1, 0.15) is 43.4 Å². The molecule has 2 nitrogen and oxygen atoms in total. The van der Waals surface area contributed by atoms with E-state index in [2.05, 4.69) is 30.9 Å². The van der Waals surface area contributed by atoms with Crippen LogP contribution in [0.4, 0.5) is 5.69 Å². The predicted octanol–water partition coefficient (Wildman–Crippen LogP) is 2.90. The van der Waals surface area contributed by atoms with Gasteiger partial charge in [0.05, 0.1) is 6.61 Å². The highest BCUT2D eigenvalue weighted by atomic mass is 16.3. The molecule has 0 fully saturated rings. The van der Waals surface area contributed by atoms with Crippen LogP contribution in [0.15, 0.2) is 12.1 Å². The summed E-state index contributed by atoms with van der Waals surface area (Å²) in [6, 6.07) is 4.31. The number of hydrogen-bond donors (Lipinski definition) is 1. The van der Waals surface area contributed by atoms with Gasteiger partial charge in [-0.05, 0) is 62.3 Å². The lowest BCUT2D eigenvalue weighted by Gasteiger charge is -2.29. The van der Waals surface area contributed by atoms with Crippen molar-refractivity contribution in [2.45, 2.75) is 46.1 Å². The summed E-state index contributed by atoms with van der Waals surface area (Å²) in [5.41, 5.74) is 5.44. The van der Waals surface area contributed by atoms with Gasteiger partial charge in [0.15, 0.2) is 0 Å². The average molecular weight is 233 g/mol. The van der Waals surface area contributed by atoms with E-state index in [1.54, 1.807) is 0 Å². The molecule has 2 rings (SSSR count). The summed E-state index contributed by atoms with van der Waals surface area (Å²) >= 11 is 0. The first-order valence-electron chi connectivity index (χ1n) is 6.81. The fourth-order valence-electron chi connectivity index (χ4n) is 2.93. The maximum atomic E-state index is 9.42. The van der Waals surface area contributed by atoms with Crippen molar-refractivity contribution in [3.63, 3.8) is 0 Å². The molecule has 0 amide bonds. The van der Waals surface area contributed by atoms with E-state index in [-0.39, 0.29) is 6.61 Å². The van der Waals surface area contributed by atoms with Gasteiger partial charge in [0.25, 0.3) is 0 Å². The zero-order chi connectivity index (χ0) is 12.3. The van der Waals surface area contributed by atoms with E-state index in [4.69, 9.17) is 0 Å². The Balaban J connectivity index is 2.46. The molecule has 0 atom stereocenters. The first-order chi connectivity index (χ1) is 8.31. The van der Waals surface area contributed by atoms with Crippen molar-refractivity contribution in [2.75, 3.05) is 18.0 Å². The second-order valence-corrected chi connectivity index (χ2v) is 4.74. The number of aliphatic hydroxyl groups is 1. The molecule has 0 aromatic heterocycles. The summed E-state index contributed by atoms with van der Waals surface area (Å²) in [6.45, 7) is 6.71. The highest BCUT2D eigenvalue weighted by Gasteiger charge is 2.18. The third-order valence-electron chi connectivity index (χ3n) is 3.88. The van der Waals surface area contributed by atoms with Crippen LogP contribution in [0, 0.1) is 0 Å². The smallest absolute Gasteiger partial charge is 0.0684 e. The molecule has 1 aliphatic rings. The largest absolute Gasteiger partial charge is 0.392 e. The topological polar surface area (TPSA) is 23.5 Å². The number of fused-ring (bicyclic) bond motifs is 1. The van der Waals surface area contributed by atoms with Crippen LogP contribution in [0.5, 0.6) is 0 Å². The minimum Gasteiger partial charge on any atom is -0.392 e. The Kier molecular flexibility index (Phi) is 4.06. The molecular weight excluding hydrogens is 210 g/mol. The Labute approximate surface area is 104 Å². The van der Waals surface area contributed by atoms with Crippen molar-refractivity contribution in [1.29, 1.82) is 0 Å². The van der Waals surface area contributed by atoms with Crippen molar-refractivity contribution < 1.29 is 5.11 Å². The molecule has 0 aliphatic heterocycles. The second kappa shape index (κ2) is 5.54. The number of anilines is 1. The fraction of sp³-hybridized carbons (Fsp3) is 0.600. The molecule has 0 radical (unpaired) electrons. The van der Waals surface area contributed by atoms with Gasteiger partial charge in [-0.3, -0.25) is 0 Å². The zero-order valence-electron chi connectivity index (χ0n) is 11.0. The Hall–Kier alpha value is -1.02. The molecule has 0 saturated carbocycles. The number of aliphatic hydroxyl groups excluding tert-OH is 1. The Morgan fingerprint density at radius 2 is 1.71 bits per heavy atom. The summed E-state index contributed by atoms with van der Waals surface area (Å²) in [6.07, 6.45) is 4.87. The minimum absolute atomic E-state index is 0.181. The van der Waals surface area contributed by atoms with Crippen molar-refractivity contribution in [2.24, 2.45) is 0 Å². The maximum Gasteiger partial charge on any atom is 0.0684 e. The van der Waals surface area contributed by atoms with Crippen LogP contribution in [0.3, 0.4) is 0 Å². The molecule has 1 aromatic carbocycles. The summed E-state index contributed by atoms with van der Waals surface area (Å²) in [7, 11) is 0. The van der Waals surface area contributed by atoms with Crippen molar-refractivity contribution >= 4 is 5.69 Å². The summed E-state index contributed by atoms with van der Waals surface area (Å²) < 4.78 is 0. The quantitative estimate of drug-likeness (QED) is 0.864. The number of nitrogens with zero attached hydrogens (tertiary/aromatic N) is 1. The van der Waals surface area contributed by atoms with E-state index in [9.17, 15) is 5.11 Å². The molecule has 1 aliphatic carbocycles. The number of benzene rings is 1. The van der Waals surface area contributed by atoms with Gasteiger partial charge in [-0.15, -0.1) is 0 Å². The van der Waals surface area contributed by atoms with Crippen molar-refractivity contribution in [3.05, 3.63) is 28.8 Å². The van der Waals surface area contributed by atoms with Gasteiger partial charge in [-0.1, -0.05) is 6.07 Å². The standard InChI is InChI=1S/C15H23NO/c1-3-16(4-2)15-10-9-12(11-17)13-7-5-6-8-14(13)15/h9-10,17H,3-8,11H2,1-2H3. The van der Waals surface area contributed by atoms with Gasteiger partial charge in [0.1, 0.15) is 0 Å². The van der Waals surface area contributed by atoms with Gasteiger partial charge in [0, 0.05) is 18.8 Å². The maximum absolute atomic E-state index is 9.42. The second-order valence-electron chi connectivity index (χ2n) is 4.74. The third kappa shape index (κ3) is 2.32. The monoisotopic (exact) mass is 233 g/mol. The lowest BCUT2D eigenvalue weighted by atomic mass is 9.87. The number of hydrogen-bond acceptors (Lipinski definition) is 2. The van der Waals surface area contributed by atoms with E-state index in [1.165, 1.54) is 36.1 Å². The van der Waals surface area contributed by atoms with Gasteiger partial charge >= 0.3 is 0 Å². The van der Waals surface area contributed by atoms with Gasteiger partial charge < -0.3 is 10.0 Å². The molecule has 0 heterocycles. The van der Waals surface area contributed by atoms with Gasteiger partial charge in [0.2, 0.25) is 0 Å². The summed E-state index contributed by atoms with van der Waals surface area (Å²) in [5.74, 6) is 0. The first-order valence-corrected chi connectivity index (χ1v) is 6.81. The highest BCUT2D eigenvalue weighted by Crippen LogP contribution is 2.32. The summed E-state index contributed by atoms with van der Waals surface area (Å²) in [4.78, 5) is 2.42. The van der Waals surface area contributed by atoms with Gasteiger partial charge in [-0.25, -0.2) is 0 Å². The molecule has 0 spiro atoms. The number of rotatable bonds is 4. The molecular formula is C15H23NO. The van der Waals surface area contributed by atoms with E-state index in [0.717, 1.165) is 25.1 Å². The predicted molar refractivity (Wildman–Crippen MR) is 72.6 cm³/mol. The van der Waals surface area contributed by atoms with Crippen LogP contribution in [0.2, 0.25) is 0 Å². The average Bonchev–Trinajstić information content (AvgIpc) is 2.40. The molecule has 1 N–H and O–H groups in total. The van der Waals surface area contributed by atoms with Gasteiger partial charge in [-0.2, -0.15) is 0 Å². The van der Waals surface area contributed by atoms with E-state index >= 15 is 0 Å². The van der Waals surface area contributed by atoms with Crippen LogP contribution >= 0.6 is 0 Å². The molecule has 0 unspecified atom stereocenters. The summed E-state index contributed by atoms with van der Waals surface area (Å²) in [5, 5.41) is 9.42. The Morgan fingerprint density at radius 3 is 2.29 bits per heavy atom. The normalized spacial score (nSPS) is 14.5. The molecule has 94 valence electrons. The lowest BCUT2D eigenvalue weighted by Crippen LogP contribution is -2.24. The third-order valence-corrected chi connectivity index (χ3v) is 3.88. The fourth-order valence-corrected chi connectivity index (χ4v) is 2.93.